The van der Waals surface area contributed by atoms with Crippen LogP contribution in [0.3, 0.4) is 0 Å². The molecule has 1 aromatic carbocycles. The Bertz CT molecular complexity index is 433. The maximum atomic E-state index is 4.21. The van der Waals surface area contributed by atoms with Gasteiger partial charge in [0.1, 0.15) is 0 Å². The summed E-state index contributed by atoms with van der Waals surface area (Å²) in [5, 5.41) is 6.65. The first-order valence-corrected chi connectivity index (χ1v) is 6.71. The zero-order chi connectivity index (χ0) is 13.5. The van der Waals surface area contributed by atoms with Gasteiger partial charge in [0.15, 0.2) is 5.96 Å². The number of nitrogens with one attached hydrogen (secondary N) is 2. The minimum atomic E-state index is 0. The molecule has 1 aliphatic rings. The Kier molecular flexibility index (Phi) is 7.43. The number of hydrogen-bond donors (Lipinski definition) is 2. The second-order valence-corrected chi connectivity index (χ2v) is 4.65. The van der Waals surface area contributed by atoms with Gasteiger partial charge in [0.05, 0.1) is 0 Å². The maximum Gasteiger partial charge on any atom is 0.191 e. The van der Waals surface area contributed by atoms with Gasteiger partial charge in [-0.25, -0.2) is 0 Å². The maximum absolute atomic E-state index is 4.21. The second-order valence-electron chi connectivity index (χ2n) is 4.65. The Morgan fingerprint density at radius 1 is 1.45 bits per heavy atom. The molecular formula is C15H23IN4. The van der Waals surface area contributed by atoms with Gasteiger partial charge < -0.3 is 15.5 Å². The third-order valence-electron chi connectivity index (χ3n) is 3.29. The average Bonchev–Trinajstić information content (AvgIpc) is 2.93. The molecule has 5 heteroatoms. The molecular weight excluding hydrogens is 363 g/mol. The molecule has 110 valence electrons. The van der Waals surface area contributed by atoms with Crippen LogP contribution in [-0.2, 0) is 0 Å². The number of benzene rings is 1. The van der Waals surface area contributed by atoms with E-state index in [-0.39, 0.29) is 24.0 Å². The van der Waals surface area contributed by atoms with Gasteiger partial charge in [0, 0.05) is 38.4 Å². The van der Waals surface area contributed by atoms with Crippen molar-refractivity contribution >= 4 is 35.6 Å². The predicted molar refractivity (Wildman–Crippen MR) is 97.2 cm³/mol. The van der Waals surface area contributed by atoms with E-state index in [0.717, 1.165) is 32.0 Å². The molecule has 2 rings (SSSR count). The number of para-hydroxylation sites is 1. The van der Waals surface area contributed by atoms with E-state index in [1.165, 1.54) is 5.69 Å². The molecule has 20 heavy (non-hydrogen) atoms. The fourth-order valence-corrected chi connectivity index (χ4v) is 2.31. The monoisotopic (exact) mass is 386 g/mol. The van der Waals surface area contributed by atoms with Crippen LogP contribution in [0.5, 0.6) is 0 Å². The minimum Gasteiger partial charge on any atom is -0.369 e. The molecule has 1 unspecified atom stereocenters. The number of hydrogen-bond acceptors (Lipinski definition) is 2. The SMILES string of the molecule is C=CCNC(=NC)NC1CCN(c2ccccc2)C1.I. The zero-order valence-corrected chi connectivity index (χ0v) is 14.2. The quantitative estimate of drug-likeness (QED) is 0.361. The van der Waals surface area contributed by atoms with Crippen molar-refractivity contribution in [2.45, 2.75) is 12.5 Å². The molecule has 0 aromatic heterocycles. The number of rotatable bonds is 4. The summed E-state index contributed by atoms with van der Waals surface area (Å²) in [7, 11) is 1.79. The Balaban J connectivity index is 0.00000200. The Hall–Kier alpha value is -1.24. The van der Waals surface area contributed by atoms with Crippen molar-refractivity contribution in [3.8, 4) is 0 Å². The molecule has 0 amide bonds. The highest BCUT2D eigenvalue weighted by atomic mass is 127. The van der Waals surface area contributed by atoms with Gasteiger partial charge in [-0.15, -0.1) is 30.6 Å². The summed E-state index contributed by atoms with van der Waals surface area (Å²) in [5.41, 5.74) is 1.29. The van der Waals surface area contributed by atoms with E-state index >= 15 is 0 Å². The first-order chi connectivity index (χ1) is 9.33. The first-order valence-electron chi connectivity index (χ1n) is 6.71. The second kappa shape index (κ2) is 8.84. The van der Waals surface area contributed by atoms with Crippen LogP contribution in [0, 0.1) is 0 Å². The lowest BCUT2D eigenvalue weighted by Crippen LogP contribution is -2.44. The zero-order valence-electron chi connectivity index (χ0n) is 11.9. The standard InChI is InChI=1S/C15H22N4.HI/c1-3-10-17-15(16-2)18-13-9-11-19(12-13)14-7-5-4-6-8-14;/h3-8,13H,1,9-12H2,2H3,(H2,16,17,18);1H. The van der Waals surface area contributed by atoms with E-state index in [2.05, 4.69) is 57.4 Å². The van der Waals surface area contributed by atoms with E-state index in [4.69, 9.17) is 0 Å². The molecule has 0 bridgehead atoms. The van der Waals surface area contributed by atoms with Crippen molar-refractivity contribution < 1.29 is 0 Å². The van der Waals surface area contributed by atoms with Crippen molar-refractivity contribution in [2.75, 3.05) is 31.6 Å². The predicted octanol–water partition coefficient (Wildman–Crippen LogP) is 2.23. The van der Waals surface area contributed by atoms with Gasteiger partial charge in [0.2, 0.25) is 0 Å². The van der Waals surface area contributed by atoms with Gasteiger partial charge in [-0.2, -0.15) is 0 Å². The van der Waals surface area contributed by atoms with Gasteiger partial charge in [0.25, 0.3) is 0 Å². The Morgan fingerprint density at radius 2 is 2.20 bits per heavy atom. The Morgan fingerprint density at radius 3 is 2.85 bits per heavy atom. The average molecular weight is 386 g/mol. The topological polar surface area (TPSA) is 39.7 Å². The smallest absolute Gasteiger partial charge is 0.191 e. The van der Waals surface area contributed by atoms with Crippen molar-refractivity contribution in [3.05, 3.63) is 43.0 Å². The molecule has 0 spiro atoms. The molecule has 1 saturated heterocycles. The summed E-state index contributed by atoms with van der Waals surface area (Å²) in [5.74, 6) is 0.847. The Labute approximate surface area is 138 Å². The number of halogens is 1. The van der Waals surface area contributed by atoms with Crippen LogP contribution in [-0.4, -0.2) is 38.7 Å². The molecule has 1 atom stereocenters. The van der Waals surface area contributed by atoms with Crippen LogP contribution in [0.25, 0.3) is 0 Å². The molecule has 2 N–H and O–H groups in total. The number of anilines is 1. The summed E-state index contributed by atoms with van der Waals surface area (Å²) >= 11 is 0. The third kappa shape index (κ3) is 4.70. The first kappa shape index (κ1) is 16.8. The molecule has 1 aromatic rings. The number of nitrogens with zero attached hydrogens (tertiary/aromatic N) is 2. The molecule has 4 nitrogen and oxygen atoms in total. The van der Waals surface area contributed by atoms with Crippen molar-refractivity contribution in [1.29, 1.82) is 0 Å². The highest BCUT2D eigenvalue weighted by molar-refractivity contribution is 14.0. The lowest BCUT2D eigenvalue weighted by molar-refractivity contribution is 0.654. The number of aliphatic imine (C=N–C) groups is 1. The van der Waals surface area contributed by atoms with E-state index in [0.29, 0.717) is 6.04 Å². The molecule has 0 saturated carbocycles. The largest absolute Gasteiger partial charge is 0.369 e. The van der Waals surface area contributed by atoms with Gasteiger partial charge in [-0.05, 0) is 18.6 Å². The van der Waals surface area contributed by atoms with E-state index in [9.17, 15) is 0 Å². The summed E-state index contributed by atoms with van der Waals surface area (Å²) in [6, 6.07) is 11.0. The fraction of sp³-hybridized carbons (Fsp3) is 0.400. The van der Waals surface area contributed by atoms with Crippen LogP contribution in [0.4, 0.5) is 5.69 Å². The third-order valence-corrected chi connectivity index (χ3v) is 3.29. The highest BCUT2D eigenvalue weighted by Crippen LogP contribution is 2.19. The lowest BCUT2D eigenvalue weighted by atomic mass is 10.3. The number of guanidine groups is 1. The summed E-state index contributed by atoms with van der Waals surface area (Å²) in [6.45, 7) is 6.52. The van der Waals surface area contributed by atoms with E-state index in [1.807, 2.05) is 6.08 Å². The summed E-state index contributed by atoms with van der Waals surface area (Å²) in [4.78, 5) is 6.62. The highest BCUT2D eigenvalue weighted by Gasteiger charge is 2.23. The van der Waals surface area contributed by atoms with Crippen molar-refractivity contribution in [1.82, 2.24) is 10.6 Å². The fourth-order valence-electron chi connectivity index (χ4n) is 2.31. The molecule has 1 aliphatic heterocycles. The van der Waals surface area contributed by atoms with E-state index in [1.54, 1.807) is 7.05 Å². The lowest BCUT2D eigenvalue weighted by Gasteiger charge is -2.20. The van der Waals surface area contributed by atoms with Crippen molar-refractivity contribution in [2.24, 2.45) is 4.99 Å². The summed E-state index contributed by atoms with van der Waals surface area (Å²) < 4.78 is 0. The van der Waals surface area contributed by atoms with Crippen LogP contribution in [0.2, 0.25) is 0 Å². The van der Waals surface area contributed by atoms with Crippen LogP contribution in [0.1, 0.15) is 6.42 Å². The minimum absolute atomic E-state index is 0. The van der Waals surface area contributed by atoms with Crippen molar-refractivity contribution in [3.63, 3.8) is 0 Å². The van der Waals surface area contributed by atoms with Crippen LogP contribution < -0.4 is 15.5 Å². The van der Waals surface area contributed by atoms with Gasteiger partial charge in [-0.3, -0.25) is 4.99 Å². The molecule has 0 aliphatic carbocycles. The molecule has 1 fully saturated rings. The summed E-state index contributed by atoms with van der Waals surface area (Å²) in [6.07, 6.45) is 2.96. The van der Waals surface area contributed by atoms with Gasteiger partial charge >= 0.3 is 0 Å². The van der Waals surface area contributed by atoms with Crippen LogP contribution >= 0.6 is 24.0 Å². The molecule has 0 radical (unpaired) electrons. The van der Waals surface area contributed by atoms with Gasteiger partial charge in [-0.1, -0.05) is 24.3 Å². The molecule has 1 heterocycles. The van der Waals surface area contributed by atoms with Crippen LogP contribution in [0.15, 0.2) is 48.0 Å². The van der Waals surface area contributed by atoms with E-state index < -0.39 is 0 Å². The normalized spacial score (nSPS) is 18.4.